The van der Waals surface area contributed by atoms with E-state index in [4.69, 9.17) is 9.97 Å². The molecule has 6 rings (SSSR count). The standard InChI is InChI=1S/C27H21BrN2/c1-16-4-10-22-24(13-16)30-27-23(11-8-17-3-2-12-29-26(17)27)25(22)20-6-5-19-15-21(28)9-7-18(19)14-20/h2-8,10-12,14-16,21H,9,13H2,1H3. The van der Waals surface area contributed by atoms with Crippen LogP contribution in [0, 0.1) is 5.92 Å². The molecular weight excluding hydrogens is 432 g/mol. The third-order valence-electron chi connectivity index (χ3n) is 6.25. The van der Waals surface area contributed by atoms with Crippen LogP contribution >= 0.6 is 15.9 Å². The quantitative estimate of drug-likeness (QED) is 0.286. The number of hydrogen-bond acceptors (Lipinski definition) is 2. The Kier molecular flexibility index (Phi) is 4.14. The van der Waals surface area contributed by atoms with E-state index in [2.05, 4.69) is 83.6 Å². The zero-order valence-electron chi connectivity index (χ0n) is 16.8. The van der Waals surface area contributed by atoms with Crippen LogP contribution in [-0.2, 0) is 6.42 Å². The maximum Gasteiger partial charge on any atom is 0.0974 e. The molecule has 2 heterocycles. The summed E-state index contributed by atoms with van der Waals surface area (Å²) in [6.45, 7) is 2.26. The molecule has 2 aromatic carbocycles. The molecule has 2 aliphatic carbocycles. The third kappa shape index (κ3) is 2.84. The number of hydrogen-bond donors (Lipinski definition) is 0. The van der Waals surface area contributed by atoms with Gasteiger partial charge in [0.2, 0.25) is 0 Å². The van der Waals surface area contributed by atoms with E-state index in [-0.39, 0.29) is 0 Å². The lowest BCUT2D eigenvalue weighted by Gasteiger charge is -2.21. The van der Waals surface area contributed by atoms with Crippen LogP contribution in [0.25, 0.3) is 51.2 Å². The summed E-state index contributed by atoms with van der Waals surface area (Å²) in [7, 11) is 0. The van der Waals surface area contributed by atoms with Crippen molar-refractivity contribution in [3.05, 3.63) is 76.4 Å². The van der Waals surface area contributed by atoms with E-state index < -0.39 is 0 Å². The Bertz CT molecular complexity index is 1480. The number of fused-ring (bicyclic) bond motifs is 5. The Morgan fingerprint density at radius 2 is 1.97 bits per heavy atom. The smallest absolute Gasteiger partial charge is 0.0974 e. The number of pyridine rings is 2. The molecule has 0 bridgehead atoms. The molecule has 30 heavy (non-hydrogen) atoms. The van der Waals surface area contributed by atoms with Gasteiger partial charge in [0, 0.05) is 38.6 Å². The molecule has 0 saturated heterocycles. The summed E-state index contributed by atoms with van der Waals surface area (Å²) >= 11 is 3.72. The zero-order valence-corrected chi connectivity index (χ0v) is 18.4. The van der Waals surface area contributed by atoms with Gasteiger partial charge in [-0.25, -0.2) is 4.98 Å². The number of allylic oxidation sites excluding steroid dienone is 1. The van der Waals surface area contributed by atoms with E-state index in [9.17, 15) is 0 Å². The maximum absolute atomic E-state index is 5.14. The lowest BCUT2D eigenvalue weighted by molar-refractivity contribution is 0.702. The molecule has 0 fully saturated rings. The van der Waals surface area contributed by atoms with E-state index in [0.29, 0.717) is 10.7 Å². The van der Waals surface area contributed by atoms with Crippen LogP contribution in [0.4, 0.5) is 0 Å². The molecule has 2 aliphatic rings. The first-order valence-electron chi connectivity index (χ1n) is 10.5. The minimum Gasteiger partial charge on any atom is -0.254 e. The maximum atomic E-state index is 5.14. The van der Waals surface area contributed by atoms with Gasteiger partial charge < -0.3 is 0 Å². The van der Waals surface area contributed by atoms with Crippen molar-refractivity contribution in [3.63, 3.8) is 0 Å². The van der Waals surface area contributed by atoms with Gasteiger partial charge >= 0.3 is 0 Å². The van der Waals surface area contributed by atoms with Gasteiger partial charge in [0.25, 0.3) is 0 Å². The highest BCUT2D eigenvalue weighted by atomic mass is 79.9. The predicted molar refractivity (Wildman–Crippen MR) is 130 cm³/mol. The number of aromatic nitrogens is 2. The summed E-state index contributed by atoms with van der Waals surface area (Å²) in [4.78, 5) is 10.3. The SMILES string of the molecule is CC1C=Cc2c(nc3c(ccc4cccnc43)c2-c2ccc3c(c2)=CCC(Br)C=3)C1. The third-order valence-corrected chi connectivity index (χ3v) is 6.89. The normalized spacial score (nSPS) is 19.8. The molecule has 2 nitrogen and oxygen atoms in total. The fourth-order valence-electron chi connectivity index (χ4n) is 4.77. The average molecular weight is 453 g/mol. The molecule has 3 heteroatoms. The van der Waals surface area contributed by atoms with Crippen molar-refractivity contribution < 1.29 is 0 Å². The van der Waals surface area contributed by atoms with Crippen molar-refractivity contribution in [2.75, 3.05) is 0 Å². The van der Waals surface area contributed by atoms with Gasteiger partial charge in [-0.1, -0.05) is 77.5 Å². The highest BCUT2D eigenvalue weighted by molar-refractivity contribution is 9.09. The minimum atomic E-state index is 0.423. The Hall–Kier alpha value is -2.78. The van der Waals surface area contributed by atoms with Crippen LogP contribution in [-0.4, -0.2) is 14.8 Å². The van der Waals surface area contributed by atoms with Crippen molar-refractivity contribution >= 4 is 56.0 Å². The Labute approximate surface area is 183 Å². The molecular formula is C27H21BrN2. The first-order valence-corrected chi connectivity index (χ1v) is 11.4. The summed E-state index contributed by atoms with van der Waals surface area (Å²) in [5.74, 6) is 0.501. The lowest BCUT2D eigenvalue weighted by atomic mass is 9.86. The summed E-state index contributed by atoms with van der Waals surface area (Å²) in [5, 5.41) is 4.93. The van der Waals surface area contributed by atoms with E-state index in [1.807, 2.05) is 12.3 Å². The number of alkyl halides is 1. The Balaban J connectivity index is 1.73. The molecule has 146 valence electrons. The lowest BCUT2D eigenvalue weighted by Crippen LogP contribution is -2.29. The van der Waals surface area contributed by atoms with E-state index >= 15 is 0 Å². The molecule has 0 amide bonds. The van der Waals surface area contributed by atoms with Crippen LogP contribution in [0.15, 0.2) is 54.7 Å². The molecule has 0 aliphatic heterocycles. The fraction of sp³-hybridized carbons (Fsp3) is 0.185. The molecule has 0 radical (unpaired) electrons. The Morgan fingerprint density at radius 1 is 1.03 bits per heavy atom. The van der Waals surface area contributed by atoms with Crippen molar-refractivity contribution in [2.24, 2.45) is 5.92 Å². The number of halogens is 1. The largest absolute Gasteiger partial charge is 0.254 e. The average Bonchev–Trinajstić information content (AvgIpc) is 2.77. The highest BCUT2D eigenvalue weighted by Crippen LogP contribution is 2.38. The van der Waals surface area contributed by atoms with Crippen LogP contribution in [0.2, 0.25) is 0 Å². The van der Waals surface area contributed by atoms with Gasteiger partial charge in [-0.05, 0) is 46.9 Å². The number of benzene rings is 2. The van der Waals surface area contributed by atoms with Gasteiger partial charge in [0.05, 0.1) is 11.0 Å². The van der Waals surface area contributed by atoms with E-state index in [1.165, 1.54) is 38.2 Å². The molecule has 0 spiro atoms. The molecule has 2 aromatic heterocycles. The van der Waals surface area contributed by atoms with Gasteiger partial charge in [0.1, 0.15) is 0 Å². The van der Waals surface area contributed by atoms with E-state index in [0.717, 1.165) is 29.3 Å². The highest BCUT2D eigenvalue weighted by Gasteiger charge is 2.20. The van der Waals surface area contributed by atoms with Gasteiger partial charge in [-0.3, -0.25) is 4.98 Å². The Morgan fingerprint density at radius 3 is 2.90 bits per heavy atom. The van der Waals surface area contributed by atoms with Crippen LogP contribution in [0.1, 0.15) is 24.6 Å². The second-order valence-electron chi connectivity index (χ2n) is 8.39. The first-order chi connectivity index (χ1) is 14.7. The summed E-state index contributed by atoms with van der Waals surface area (Å²) in [5.41, 5.74) is 6.97. The molecule has 0 N–H and O–H groups in total. The van der Waals surface area contributed by atoms with Crippen LogP contribution in [0.5, 0.6) is 0 Å². The molecule has 2 atom stereocenters. The second kappa shape index (κ2) is 6.88. The van der Waals surface area contributed by atoms with Crippen molar-refractivity contribution in [1.82, 2.24) is 9.97 Å². The summed E-state index contributed by atoms with van der Waals surface area (Å²) in [6.07, 6.45) is 13.1. The monoisotopic (exact) mass is 452 g/mol. The van der Waals surface area contributed by atoms with Gasteiger partial charge in [-0.2, -0.15) is 0 Å². The molecule has 0 saturated carbocycles. The summed E-state index contributed by atoms with van der Waals surface area (Å²) in [6, 6.07) is 15.4. The zero-order chi connectivity index (χ0) is 20.2. The van der Waals surface area contributed by atoms with Gasteiger partial charge in [-0.15, -0.1) is 0 Å². The van der Waals surface area contributed by atoms with Gasteiger partial charge in [0.15, 0.2) is 0 Å². The first kappa shape index (κ1) is 18.0. The predicted octanol–water partition coefficient (Wildman–Crippen LogP) is 5.38. The second-order valence-corrected chi connectivity index (χ2v) is 9.57. The molecule has 2 unspecified atom stereocenters. The van der Waals surface area contributed by atoms with Crippen LogP contribution in [0.3, 0.4) is 0 Å². The topological polar surface area (TPSA) is 25.8 Å². The summed E-state index contributed by atoms with van der Waals surface area (Å²) < 4.78 is 0. The fourth-order valence-corrected chi connectivity index (χ4v) is 5.24. The minimum absolute atomic E-state index is 0.423. The number of rotatable bonds is 1. The van der Waals surface area contributed by atoms with Crippen molar-refractivity contribution in [1.29, 1.82) is 0 Å². The van der Waals surface area contributed by atoms with Crippen molar-refractivity contribution in [3.8, 4) is 11.1 Å². The van der Waals surface area contributed by atoms with Crippen molar-refractivity contribution in [2.45, 2.75) is 24.6 Å². The number of nitrogens with zero attached hydrogens (tertiary/aromatic N) is 2. The molecule has 4 aromatic rings. The van der Waals surface area contributed by atoms with Crippen LogP contribution < -0.4 is 10.4 Å². The van der Waals surface area contributed by atoms with E-state index in [1.54, 1.807) is 0 Å².